The first-order valence-electron chi connectivity index (χ1n) is 8.09. The Balaban J connectivity index is 1.86. The normalized spacial score (nSPS) is 15.5. The van der Waals surface area contributed by atoms with Crippen molar-refractivity contribution in [3.63, 3.8) is 0 Å². The van der Waals surface area contributed by atoms with E-state index in [1.54, 1.807) is 4.90 Å². The van der Waals surface area contributed by atoms with Crippen LogP contribution in [0, 0.1) is 17.8 Å². The van der Waals surface area contributed by atoms with Gasteiger partial charge in [0.1, 0.15) is 5.60 Å². The minimum absolute atomic E-state index is 0.225. The van der Waals surface area contributed by atoms with Crippen LogP contribution >= 0.6 is 0 Å². The first-order chi connectivity index (χ1) is 10.8. The van der Waals surface area contributed by atoms with E-state index in [-0.39, 0.29) is 6.09 Å². The van der Waals surface area contributed by atoms with Crippen molar-refractivity contribution in [1.82, 2.24) is 4.90 Å². The number of amides is 1. The zero-order chi connectivity index (χ0) is 16.9. The number of carbonyl (C=O) groups is 1. The molecule has 1 aromatic rings. The summed E-state index contributed by atoms with van der Waals surface area (Å²) >= 11 is 0. The zero-order valence-electron chi connectivity index (χ0n) is 14.3. The molecule has 2 rings (SSSR count). The summed E-state index contributed by atoms with van der Waals surface area (Å²) in [6.07, 6.45) is 1.56. The third-order valence-electron chi connectivity index (χ3n) is 3.78. The number of rotatable bonds is 1. The van der Waals surface area contributed by atoms with Gasteiger partial charge in [0, 0.05) is 18.7 Å². The van der Waals surface area contributed by atoms with Crippen LogP contribution in [-0.2, 0) is 4.74 Å². The van der Waals surface area contributed by atoms with Crippen molar-refractivity contribution in [1.29, 1.82) is 0 Å². The van der Waals surface area contributed by atoms with Crippen molar-refractivity contribution in [2.24, 2.45) is 5.92 Å². The molecule has 3 heteroatoms. The lowest BCUT2D eigenvalue weighted by molar-refractivity contribution is 0.0195. The molecule has 122 valence electrons. The van der Waals surface area contributed by atoms with Crippen molar-refractivity contribution in [3.05, 3.63) is 48.0 Å². The first kappa shape index (κ1) is 17.1. The highest BCUT2D eigenvalue weighted by Gasteiger charge is 2.27. The van der Waals surface area contributed by atoms with Crippen LogP contribution in [0.5, 0.6) is 0 Å². The van der Waals surface area contributed by atoms with E-state index in [0.717, 1.165) is 24.0 Å². The number of likely N-dealkylation sites (tertiary alicyclic amines) is 1. The Morgan fingerprint density at radius 3 is 2.39 bits per heavy atom. The van der Waals surface area contributed by atoms with Crippen molar-refractivity contribution in [2.75, 3.05) is 13.1 Å². The number of allylic oxidation sites excluding steroid dienone is 1. The van der Waals surface area contributed by atoms with Gasteiger partial charge in [0.25, 0.3) is 0 Å². The molecule has 1 amide bonds. The second-order valence-electron chi connectivity index (χ2n) is 6.88. The van der Waals surface area contributed by atoms with Crippen LogP contribution in [0.1, 0.15) is 39.2 Å². The third kappa shape index (κ3) is 5.49. The predicted octanol–water partition coefficient (Wildman–Crippen LogP) is 4.24. The lowest BCUT2D eigenvalue weighted by Gasteiger charge is -2.33. The monoisotopic (exact) mass is 311 g/mol. The quantitative estimate of drug-likeness (QED) is 0.726. The minimum Gasteiger partial charge on any atom is -0.444 e. The zero-order valence-corrected chi connectivity index (χ0v) is 14.3. The molecule has 0 saturated carbocycles. The highest BCUT2D eigenvalue weighted by Crippen LogP contribution is 2.24. The summed E-state index contributed by atoms with van der Waals surface area (Å²) in [5.74, 6) is 6.68. The maximum absolute atomic E-state index is 12.1. The molecule has 0 unspecified atom stereocenters. The number of benzene rings is 1. The van der Waals surface area contributed by atoms with Gasteiger partial charge in [-0.1, -0.05) is 36.6 Å². The van der Waals surface area contributed by atoms with Gasteiger partial charge < -0.3 is 9.64 Å². The van der Waals surface area contributed by atoms with Crippen LogP contribution in [0.2, 0.25) is 0 Å². The molecular formula is C20H25NO2. The topological polar surface area (TPSA) is 29.5 Å². The van der Waals surface area contributed by atoms with E-state index >= 15 is 0 Å². The van der Waals surface area contributed by atoms with Gasteiger partial charge in [-0.2, -0.15) is 0 Å². The molecule has 0 atom stereocenters. The van der Waals surface area contributed by atoms with E-state index in [2.05, 4.69) is 18.4 Å². The van der Waals surface area contributed by atoms with Gasteiger partial charge in [-0.3, -0.25) is 0 Å². The molecule has 1 aliphatic rings. The summed E-state index contributed by atoms with van der Waals surface area (Å²) in [6.45, 7) is 11.2. The molecule has 1 aromatic carbocycles. The van der Waals surface area contributed by atoms with E-state index in [1.807, 2.05) is 51.1 Å². The largest absolute Gasteiger partial charge is 0.444 e. The van der Waals surface area contributed by atoms with E-state index in [9.17, 15) is 4.79 Å². The van der Waals surface area contributed by atoms with Crippen LogP contribution in [0.15, 0.2) is 42.5 Å². The van der Waals surface area contributed by atoms with Crippen LogP contribution in [0.4, 0.5) is 4.79 Å². The van der Waals surface area contributed by atoms with Gasteiger partial charge in [-0.15, -0.1) is 0 Å². The molecule has 23 heavy (non-hydrogen) atoms. The highest BCUT2D eigenvalue weighted by molar-refractivity contribution is 5.68. The van der Waals surface area contributed by atoms with Gasteiger partial charge in [0.15, 0.2) is 0 Å². The average molecular weight is 311 g/mol. The summed E-state index contributed by atoms with van der Waals surface area (Å²) in [6, 6.07) is 9.92. The molecule has 0 spiro atoms. The molecule has 1 fully saturated rings. The first-order valence-corrected chi connectivity index (χ1v) is 8.09. The molecule has 3 nitrogen and oxygen atoms in total. The van der Waals surface area contributed by atoms with Gasteiger partial charge in [-0.25, -0.2) is 4.79 Å². The molecule has 0 aliphatic carbocycles. The van der Waals surface area contributed by atoms with Crippen LogP contribution in [-0.4, -0.2) is 29.7 Å². The molecule has 1 aliphatic heterocycles. The molecule has 0 N–H and O–H groups in total. The lowest BCUT2D eigenvalue weighted by atomic mass is 9.90. The average Bonchev–Trinajstić information content (AvgIpc) is 2.52. The fourth-order valence-corrected chi connectivity index (χ4v) is 2.51. The Bertz CT molecular complexity index is 609. The maximum Gasteiger partial charge on any atom is 0.410 e. The molecule has 0 aromatic heterocycles. The van der Waals surface area contributed by atoms with Crippen molar-refractivity contribution in [2.45, 2.75) is 39.2 Å². The second-order valence-corrected chi connectivity index (χ2v) is 6.88. The van der Waals surface area contributed by atoms with Crippen molar-refractivity contribution < 1.29 is 9.53 Å². The van der Waals surface area contributed by atoms with Crippen molar-refractivity contribution in [3.8, 4) is 11.8 Å². The van der Waals surface area contributed by atoms with Crippen LogP contribution in [0.25, 0.3) is 0 Å². The smallest absolute Gasteiger partial charge is 0.410 e. The molecule has 1 saturated heterocycles. The van der Waals surface area contributed by atoms with E-state index in [4.69, 9.17) is 4.74 Å². The van der Waals surface area contributed by atoms with Crippen molar-refractivity contribution >= 4 is 6.09 Å². The SMILES string of the molecule is C=C(C#Cc1ccccc1)C1CCN(C(=O)OC(C)(C)C)CC1. The number of piperidine rings is 1. The van der Waals surface area contributed by atoms with Crippen LogP contribution in [0.3, 0.4) is 0 Å². The lowest BCUT2D eigenvalue weighted by Crippen LogP contribution is -2.41. The second kappa shape index (κ2) is 7.37. The minimum atomic E-state index is -0.446. The highest BCUT2D eigenvalue weighted by atomic mass is 16.6. The fourth-order valence-electron chi connectivity index (χ4n) is 2.51. The Morgan fingerprint density at radius 1 is 1.22 bits per heavy atom. The number of hydrogen-bond donors (Lipinski definition) is 0. The van der Waals surface area contributed by atoms with Gasteiger partial charge in [-0.05, 0) is 57.2 Å². The third-order valence-corrected chi connectivity index (χ3v) is 3.78. The molecular weight excluding hydrogens is 286 g/mol. The Morgan fingerprint density at radius 2 is 1.83 bits per heavy atom. The molecule has 0 bridgehead atoms. The summed E-state index contributed by atoms with van der Waals surface area (Å²) in [5, 5.41) is 0. The molecule has 1 heterocycles. The maximum atomic E-state index is 12.1. The summed E-state index contributed by atoms with van der Waals surface area (Å²) in [5.41, 5.74) is 1.51. The predicted molar refractivity (Wildman–Crippen MR) is 93.0 cm³/mol. The van der Waals surface area contributed by atoms with E-state index in [1.165, 1.54) is 0 Å². The number of ether oxygens (including phenoxy) is 1. The Hall–Kier alpha value is -2.21. The number of carbonyl (C=O) groups excluding carboxylic acids is 1. The molecule has 0 radical (unpaired) electrons. The van der Waals surface area contributed by atoms with Gasteiger partial charge >= 0.3 is 6.09 Å². The fraction of sp³-hybridized carbons (Fsp3) is 0.450. The van der Waals surface area contributed by atoms with Gasteiger partial charge in [0.05, 0.1) is 0 Å². The van der Waals surface area contributed by atoms with E-state index < -0.39 is 5.60 Å². The number of nitrogens with zero attached hydrogens (tertiary/aromatic N) is 1. The standard InChI is InChI=1S/C20H25NO2/c1-16(10-11-17-8-6-5-7-9-17)18-12-14-21(15-13-18)19(22)23-20(2,3)4/h5-9,18H,1,12-15H2,2-4H3. The summed E-state index contributed by atoms with van der Waals surface area (Å²) in [7, 11) is 0. The van der Waals surface area contributed by atoms with Crippen LogP contribution < -0.4 is 0 Å². The summed E-state index contributed by atoms with van der Waals surface area (Å²) in [4.78, 5) is 13.8. The summed E-state index contributed by atoms with van der Waals surface area (Å²) < 4.78 is 5.41. The Labute approximate surface area is 139 Å². The Kier molecular flexibility index (Phi) is 5.50. The number of hydrogen-bond acceptors (Lipinski definition) is 2. The van der Waals surface area contributed by atoms with Gasteiger partial charge in [0.2, 0.25) is 0 Å². The van der Waals surface area contributed by atoms with E-state index in [0.29, 0.717) is 19.0 Å².